The Morgan fingerprint density at radius 2 is 1.57 bits per heavy atom. The molecule has 2 aromatic heterocycles. The van der Waals surface area contributed by atoms with Crippen LogP contribution in [0.2, 0.25) is 0 Å². The van der Waals surface area contributed by atoms with E-state index in [9.17, 15) is 14.4 Å². The van der Waals surface area contributed by atoms with Gasteiger partial charge in [-0.2, -0.15) is 5.10 Å². The highest BCUT2D eigenvalue weighted by atomic mass is 32.2. The van der Waals surface area contributed by atoms with Crippen molar-refractivity contribution in [2.75, 3.05) is 31.1 Å². The molecular formula is C43H48N8O4S. The van der Waals surface area contributed by atoms with Crippen molar-refractivity contribution in [2.24, 2.45) is 0 Å². The Hall–Kier alpha value is -5.27. The van der Waals surface area contributed by atoms with Gasteiger partial charge in [-0.3, -0.25) is 19.7 Å². The minimum atomic E-state index is -0.582. The summed E-state index contributed by atoms with van der Waals surface area (Å²) in [6.45, 7) is 3.61. The van der Waals surface area contributed by atoms with Gasteiger partial charge in [-0.15, -0.1) is 11.8 Å². The number of nitrogens with zero attached hydrogens (tertiary/aromatic N) is 6. The average Bonchev–Trinajstić information content (AvgIpc) is 3.77. The Bertz CT molecular complexity index is 2190. The van der Waals surface area contributed by atoms with E-state index in [-0.39, 0.29) is 30.2 Å². The quantitative estimate of drug-likeness (QED) is 0.0627. The van der Waals surface area contributed by atoms with Crippen LogP contribution >= 0.6 is 11.8 Å². The van der Waals surface area contributed by atoms with Crippen LogP contribution in [0.3, 0.4) is 0 Å². The van der Waals surface area contributed by atoms with Crippen molar-refractivity contribution in [2.45, 2.75) is 87.7 Å². The molecule has 5 aromatic rings. The number of nitrogen functional groups attached to an aromatic ring is 1. The lowest BCUT2D eigenvalue weighted by molar-refractivity contribution is -0.136. The van der Waals surface area contributed by atoms with E-state index in [1.807, 2.05) is 66.7 Å². The lowest BCUT2D eigenvalue weighted by atomic mass is 10.0. The zero-order valence-corrected chi connectivity index (χ0v) is 32.4. The first-order chi connectivity index (χ1) is 27.4. The molecule has 290 valence electrons. The fourth-order valence-corrected chi connectivity index (χ4v) is 9.26. The molecule has 56 heavy (non-hydrogen) atoms. The number of carbonyl (C=O) groups excluding carboxylic acids is 3. The van der Waals surface area contributed by atoms with Crippen LogP contribution in [0, 0.1) is 0 Å². The summed E-state index contributed by atoms with van der Waals surface area (Å²) in [5.74, 6) is 2.23. The Morgan fingerprint density at radius 3 is 2.36 bits per heavy atom. The summed E-state index contributed by atoms with van der Waals surface area (Å²) in [7, 11) is 0. The van der Waals surface area contributed by atoms with E-state index >= 15 is 0 Å². The SMILES string of the molecule is Nc1ncnc2c1c(-c1ccc(Oc3ccccc3)cc1)nn2C1CCN(CCCCCCCCSc2cccc3c2CN(C2CCC(=O)NC2=O)C3=O)CC1. The van der Waals surface area contributed by atoms with Crippen molar-refractivity contribution in [1.29, 1.82) is 0 Å². The maximum atomic E-state index is 13.1. The number of hydrogen-bond donors (Lipinski definition) is 2. The molecule has 0 radical (unpaired) electrons. The second kappa shape index (κ2) is 17.3. The number of benzene rings is 3. The van der Waals surface area contributed by atoms with Crippen molar-refractivity contribution in [3.05, 3.63) is 90.3 Å². The number of nitrogens with one attached hydrogen (secondary N) is 1. The van der Waals surface area contributed by atoms with E-state index in [0.29, 0.717) is 24.3 Å². The van der Waals surface area contributed by atoms with Gasteiger partial charge in [0.05, 0.1) is 11.4 Å². The third-order valence-corrected chi connectivity index (χ3v) is 12.4. The number of likely N-dealkylation sites (tertiary alicyclic amines) is 1. The predicted molar refractivity (Wildman–Crippen MR) is 217 cm³/mol. The van der Waals surface area contributed by atoms with Crippen molar-refractivity contribution < 1.29 is 19.1 Å². The van der Waals surface area contributed by atoms with E-state index in [1.165, 1.54) is 38.4 Å². The molecule has 1 unspecified atom stereocenters. The maximum Gasteiger partial charge on any atom is 0.255 e. The summed E-state index contributed by atoms with van der Waals surface area (Å²) in [6.07, 6.45) is 11.4. The van der Waals surface area contributed by atoms with Crippen LogP contribution in [0.4, 0.5) is 5.82 Å². The van der Waals surface area contributed by atoms with Gasteiger partial charge in [0.1, 0.15) is 35.4 Å². The predicted octanol–water partition coefficient (Wildman–Crippen LogP) is 7.40. The Labute approximate surface area is 331 Å². The Morgan fingerprint density at radius 1 is 0.821 bits per heavy atom. The molecule has 0 aliphatic carbocycles. The van der Waals surface area contributed by atoms with E-state index in [2.05, 4.69) is 30.9 Å². The molecule has 3 amide bonds. The Kier molecular flexibility index (Phi) is 11.6. The summed E-state index contributed by atoms with van der Waals surface area (Å²) < 4.78 is 8.07. The highest BCUT2D eigenvalue weighted by Gasteiger charge is 2.39. The second-order valence-corrected chi connectivity index (χ2v) is 16.1. The number of aromatic nitrogens is 4. The van der Waals surface area contributed by atoms with Crippen molar-refractivity contribution in [3.63, 3.8) is 0 Å². The Balaban J connectivity index is 0.752. The molecular weight excluding hydrogens is 725 g/mol. The molecule has 3 aromatic carbocycles. The van der Waals surface area contributed by atoms with Crippen molar-refractivity contribution >= 4 is 46.3 Å². The highest BCUT2D eigenvalue weighted by molar-refractivity contribution is 7.99. The number of thioether (sulfide) groups is 1. The number of hydrogen-bond acceptors (Lipinski definition) is 10. The second-order valence-electron chi connectivity index (χ2n) is 14.9. The summed E-state index contributed by atoms with van der Waals surface area (Å²) >= 11 is 1.80. The first-order valence-electron chi connectivity index (χ1n) is 19.9. The number of piperidine rings is 2. The van der Waals surface area contributed by atoms with E-state index in [4.69, 9.17) is 15.6 Å². The number of unbranched alkanes of at least 4 members (excludes halogenated alkanes) is 5. The molecule has 1 atom stereocenters. The van der Waals surface area contributed by atoms with Gasteiger partial charge < -0.3 is 20.3 Å². The molecule has 2 saturated heterocycles. The summed E-state index contributed by atoms with van der Waals surface area (Å²) in [5.41, 5.74) is 10.6. The van der Waals surface area contributed by atoms with Gasteiger partial charge in [-0.1, -0.05) is 49.9 Å². The monoisotopic (exact) mass is 772 g/mol. The smallest absolute Gasteiger partial charge is 0.255 e. The lowest BCUT2D eigenvalue weighted by Crippen LogP contribution is -2.52. The fraction of sp³-hybridized carbons (Fsp3) is 0.395. The van der Waals surface area contributed by atoms with Crippen LogP contribution in [0.5, 0.6) is 11.5 Å². The van der Waals surface area contributed by atoms with Crippen LogP contribution in [-0.2, 0) is 16.1 Å². The van der Waals surface area contributed by atoms with Gasteiger partial charge >= 0.3 is 0 Å². The van der Waals surface area contributed by atoms with Crippen LogP contribution in [0.1, 0.15) is 86.2 Å². The maximum absolute atomic E-state index is 13.1. The third kappa shape index (κ3) is 8.29. The zero-order valence-electron chi connectivity index (χ0n) is 31.6. The lowest BCUT2D eigenvalue weighted by Gasteiger charge is -2.32. The average molecular weight is 773 g/mol. The normalized spacial score (nSPS) is 17.8. The molecule has 13 heteroatoms. The van der Waals surface area contributed by atoms with E-state index < -0.39 is 6.04 Å². The molecule has 0 saturated carbocycles. The minimum absolute atomic E-state index is 0.115. The summed E-state index contributed by atoms with van der Waals surface area (Å²) in [5, 5.41) is 8.27. The summed E-state index contributed by atoms with van der Waals surface area (Å²) in [6, 6.07) is 23.2. The van der Waals surface area contributed by atoms with E-state index in [1.54, 1.807) is 16.7 Å². The number of fused-ring (bicyclic) bond motifs is 2. The topological polar surface area (TPSA) is 149 Å². The molecule has 3 aliphatic rings. The number of nitrogens with two attached hydrogens (primary N) is 1. The number of amides is 3. The number of anilines is 1. The number of para-hydroxylation sites is 1. The first kappa shape index (κ1) is 37.6. The minimum Gasteiger partial charge on any atom is -0.457 e. The van der Waals surface area contributed by atoms with Gasteiger partial charge in [-0.05, 0) is 98.5 Å². The number of ether oxygens (including phenoxy) is 1. The van der Waals surface area contributed by atoms with E-state index in [0.717, 1.165) is 88.9 Å². The van der Waals surface area contributed by atoms with Gasteiger partial charge in [0.2, 0.25) is 11.8 Å². The number of carbonyl (C=O) groups is 3. The number of imide groups is 1. The zero-order chi connectivity index (χ0) is 38.4. The van der Waals surface area contributed by atoms with Gasteiger partial charge in [0.25, 0.3) is 5.91 Å². The van der Waals surface area contributed by atoms with Crippen LogP contribution in [0.15, 0.2) is 84.0 Å². The van der Waals surface area contributed by atoms with Gasteiger partial charge in [0, 0.05) is 42.1 Å². The highest BCUT2D eigenvalue weighted by Crippen LogP contribution is 2.37. The molecule has 2 fully saturated rings. The van der Waals surface area contributed by atoms with Gasteiger partial charge in [0.15, 0.2) is 5.65 Å². The van der Waals surface area contributed by atoms with Crippen molar-refractivity contribution in [3.8, 4) is 22.8 Å². The standard InChI is InChI=1S/C43H48N8O4S/c44-40-38-39(29-15-17-32(18-16-29)55-31-11-6-5-7-12-31)48-51(41(38)46-28-45-40)30-21-24-49(25-22-30)23-8-3-1-2-4-9-26-56-36-14-10-13-33-34(36)27-50(43(33)54)35-19-20-37(52)47-42(35)53/h5-7,10-18,28,30,35H,1-4,8-9,19-27H2,(H2,44,45,46)(H,47,52,53). The molecule has 3 aliphatic heterocycles. The third-order valence-electron chi connectivity index (χ3n) is 11.2. The summed E-state index contributed by atoms with van der Waals surface area (Å²) in [4.78, 5) is 51.4. The molecule has 8 rings (SSSR count). The molecule has 0 bridgehead atoms. The number of rotatable bonds is 15. The molecule has 0 spiro atoms. The van der Waals surface area contributed by atoms with Crippen LogP contribution in [0.25, 0.3) is 22.3 Å². The van der Waals surface area contributed by atoms with Gasteiger partial charge in [-0.25, -0.2) is 14.6 Å². The molecule has 3 N–H and O–H groups in total. The molecule has 12 nitrogen and oxygen atoms in total. The van der Waals surface area contributed by atoms with Crippen molar-refractivity contribution in [1.82, 2.24) is 34.9 Å². The van der Waals surface area contributed by atoms with Crippen LogP contribution in [-0.4, -0.2) is 78.7 Å². The molecule has 5 heterocycles. The van der Waals surface area contributed by atoms with Crippen LogP contribution < -0.4 is 15.8 Å². The fourth-order valence-electron chi connectivity index (χ4n) is 8.16. The largest absolute Gasteiger partial charge is 0.457 e. The first-order valence-corrected chi connectivity index (χ1v) is 20.9.